The van der Waals surface area contributed by atoms with E-state index in [4.69, 9.17) is 18.9 Å². The molecule has 2 saturated heterocycles. The molecule has 11 nitrogen and oxygen atoms in total. The average Bonchev–Trinajstić information content (AvgIpc) is 2.79. The Labute approximate surface area is 179 Å². The summed E-state index contributed by atoms with van der Waals surface area (Å²) >= 11 is 0. The number of aliphatic hydroxyl groups is 7. The molecule has 0 aromatic heterocycles. The van der Waals surface area contributed by atoms with Crippen LogP contribution in [0, 0.1) is 0 Å². The van der Waals surface area contributed by atoms with E-state index in [1.165, 1.54) is 0 Å². The molecule has 2 fully saturated rings. The molecule has 0 aliphatic carbocycles. The van der Waals surface area contributed by atoms with Crippen molar-refractivity contribution in [3.63, 3.8) is 0 Å². The highest BCUT2D eigenvalue weighted by molar-refractivity contribution is 5.14. The van der Waals surface area contributed by atoms with Gasteiger partial charge in [0.2, 0.25) is 0 Å². The van der Waals surface area contributed by atoms with E-state index in [0.29, 0.717) is 6.42 Å². The first kappa shape index (κ1) is 24.4. The fourth-order valence-corrected chi connectivity index (χ4v) is 3.61. The smallest absolute Gasteiger partial charge is 0.187 e. The highest BCUT2D eigenvalue weighted by Crippen LogP contribution is 2.29. The Kier molecular flexibility index (Phi) is 8.73. The number of hydrogen-bond donors (Lipinski definition) is 7. The molecule has 1 aromatic rings. The summed E-state index contributed by atoms with van der Waals surface area (Å²) in [7, 11) is 0. The van der Waals surface area contributed by atoms with Crippen LogP contribution in [0.25, 0.3) is 0 Å². The minimum Gasteiger partial charge on any atom is -0.394 e. The van der Waals surface area contributed by atoms with Gasteiger partial charge in [0.15, 0.2) is 12.6 Å². The third kappa shape index (κ3) is 5.59. The molecule has 1 aromatic carbocycles. The van der Waals surface area contributed by atoms with E-state index >= 15 is 0 Å². The van der Waals surface area contributed by atoms with Crippen molar-refractivity contribution in [2.45, 2.75) is 67.8 Å². The fourth-order valence-electron chi connectivity index (χ4n) is 3.61. The van der Waals surface area contributed by atoms with Gasteiger partial charge in [0.05, 0.1) is 19.8 Å². The van der Waals surface area contributed by atoms with Crippen LogP contribution in [0.15, 0.2) is 30.3 Å². The highest BCUT2D eigenvalue weighted by atomic mass is 16.8. The minimum absolute atomic E-state index is 0.157. The van der Waals surface area contributed by atoms with Crippen LogP contribution in [-0.4, -0.2) is 117 Å². The lowest BCUT2D eigenvalue weighted by Gasteiger charge is -2.45. The van der Waals surface area contributed by atoms with E-state index in [0.717, 1.165) is 5.56 Å². The zero-order valence-corrected chi connectivity index (χ0v) is 16.8. The molecular weight excluding hydrogens is 416 g/mol. The summed E-state index contributed by atoms with van der Waals surface area (Å²) in [4.78, 5) is 0. The molecule has 0 saturated carbocycles. The Balaban J connectivity index is 1.70. The fraction of sp³-hybridized carbons (Fsp3) is 0.700. The van der Waals surface area contributed by atoms with Gasteiger partial charge in [-0.15, -0.1) is 0 Å². The summed E-state index contributed by atoms with van der Waals surface area (Å²) in [6.07, 6.45) is -14.1. The molecule has 11 heteroatoms. The first-order valence-electron chi connectivity index (χ1n) is 10.1. The maximum absolute atomic E-state index is 10.5. The highest BCUT2D eigenvalue weighted by Gasteiger charge is 2.50. The van der Waals surface area contributed by atoms with Crippen molar-refractivity contribution in [2.24, 2.45) is 0 Å². The Morgan fingerprint density at radius 1 is 0.710 bits per heavy atom. The number of rotatable bonds is 8. The van der Waals surface area contributed by atoms with Gasteiger partial charge in [-0.3, -0.25) is 0 Å². The molecule has 2 heterocycles. The predicted octanol–water partition coefficient (Wildman–Crippen LogP) is -3.13. The molecule has 7 N–H and O–H groups in total. The van der Waals surface area contributed by atoms with Crippen LogP contribution in [0.4, 0.5) is 0 Å². The summed E-state index contributed by atoms with van der Waals surface area (Å²) in [6, 6.07) is 9.44. The number of benzene rings is 1. The van der Waals surface area contributed by atoms with E-state index in [2.05, 4.69) is 0 Å². The molecule has 0 unspecified atom stereocenters. The van der Waals surface area contributed by atoms with Crippen molar-refractivity contribution in [2.75, 3.05) is 19.8 Å². The van der Waals surface area contributed by atoms with Crippen molar-refractivity contribution in [1.29, 1.82) is 0 Å². The van der Waals surface area contributed by atoms with Crippen LogP contribution in [0.1, 0.15) is 5.56 Å². The molecule has 2 aliphatic heterocycles. The summed E-state index contributed by atoms with van der Waals surface area (Å²) in [5, 5.41) is 69.6. The van der Waals surface area contributed by atoms with Crippen molar-refractivity contribution < 1.29 is 54.7 Å². The number of ether oxygens (including phenoxy) is 4. The molecule has 2 aliphatic rings. The van der Waals surface area contributed by atoms with Crippen LogP contribution >= 0.6 is 0 Å². The Morgan fingerprint density at radius 2 is 1.29 bits per heavy atom. The van der Waals surface area contributed by atoms with Gasteiger partial charge < -0.3 is 54.7 Å². The lowest BCUT2D eigenvalue weighted by Crippen LogP contribution is -2.64. The third-order valence-corrected chi connectivity index (χ3v) is 5.48. The number of hydrogen-bond acceptors (Lipinski definition) is 11. The third-order valence-electron chi connectivity index (χ3n) is 5.48. The molecule has 0 spiro atoms. The van der Waals surface area contributed by atoms with Gasteiger partial charge in [0, 0.05) is 0 Å². The minimum atomic E-state index is -1.71. The van der Waals surface area contributed by atoms with Gasteiger partial charge in [0.1, 0.15) is 48.8 Å². The van der Waals surface area contributed by atoms with E-state index < -0.39 is 74.6 Å². The molecule has 0 amide bonds. The van der Waals surface area contributed by atoms with Crippen LogP contribution in [0.5, 0.6) is 0 Å². The zero-order chi connectivity index (χ0) is 22.5. The topological polar surface area (TPSA) is 179 Å². The zero-order valence-electron chi connectivity index (χ0n) is 16.8. The molecule has 0 radical (unpaired) electrons. The van der Waals surface area contributed by atoms with Gasteiger partial charge in [-0.25, -0.2) is 0 Å². The first-order valence-corrected chi connectivity index (χ1v) is 10.1. The summed E-state index contributed by atoms with van der Waals surface area (Å²) in [5.41, 5.74) is 0.990. The van der Waals surface area contributed by atoms with Crippen LogP contribution in [0.2, 0.25) is 0 Å². The average molecular weight is 446 g/mol. The Morgan fingerprint density at radius 3 is 1.90 bits per heavy atom. The molecule has 176 valence electrons. The molecular formula is C20H30O11. The monoisotopic (exact) mass is 446 g/mol. The second kappa shape index (κ2) is 11.1. The van der Waals surface area contributed by atoms with Crippen LogP contribution in [0.3, 0.4) is 0 Å². The van der Waals surface area contributed by atoms with Crippen LogP contribution < -0.4 is 0 Å². The first-order chi connectivity index (χ1) is 14.9. The van der Waals surface area contributed by atoms with Crippen molar-refractivity contribution >= 4 is 0 Å². The maximum Gasteiger partial charge on any atom is 0.187 e. The van der Waals surface area contributed by atoms with Gasteiger partial charge >= 0.3 is 0 Å². The van der Waals surface area contributed by atoms with E-state index in [1.54, 1.807) is 0 Å². The SMILES string of the molecule is OC[C@H]1O[C@H](O[C@H]2[C@@H](OCCc3ccccc3)O[C@H](CO)[C@@H](O)[C@@H]2O)[C@H](O)[C@@H](O)[C@@H]1O. The van der Waals surface area contributed by atoms with Crippen molar-refractivity contribution in [3.8, 4) is 0 Å². The van der Waals surface area contributed by atoms with Gasteiger partial charge in [-0.05, 0) is 12.0 Å². The molecule has 0 bridgehead atoms. The Hall–Kier alpha value is -1.22. The quantitative estimate of drug-likeness (QED) is 0.215. The van der Waals surface area contributed by atoms with Crippen LogP contribution in [-0.2, 0) is 25.4 Å². The second-order valence-electron chi connectivity index (χ2n) is 7.61. The summed E-state index contributed by atoms with van der Waals surface area (Å²) < 4.78 is 22.1. The standard InChI is InChI=1S/C20H30O11/c21-8-11-13(23)15(25)17(27)19(29-11)31-18-16(26)14(24)12(9-22)30-20(18)28-7-6-10-4-2-1-3-5-10/h1-5,11-27H,6-9H2/t11-,12-,13-,14-,15+,16+,17-,18-,19-,20+/m1/s1. The largest absolute Gasteiger partial charge is 0.394 e. The molecule has 10 atom stereocenters. The lowest BCUT2D eigenvalue weighted by atomic mass is 9.97. The predicted molar refractivity (Wildman–Crippen MR) is 102 cm³/mol. The van der Waals surface area contributed by atoms with E-state index in [-0.39, 0.29) is 6.61 Å². The Bertz CT molecular complexity index is 660. The van der Waals surface area contributed by atoms with E-state index in [9.17, 15) is 35.7 Å². The van der Waals surface area contributed by atoms with Gasteiger partial charge in [-0.2, -0.15) is 0 Å². The maximum atomic E-state index is 10.5. The lowest BCUT2D eigenvalue weighted by molar-refractivity contribution is -0.367. The second-order valence-corrected chi connectivity index (χ2v) is 7.61. The summed E-state index contributed by atoms with van der Waals surface area (Å²) in [5.74, 6) is 0. The van der Waals surface area contributed by atoms with Gasteiger partial charge in [-0.1, -0.05) is 30.3 Å². The molecule has 3 rings (SSSR count). The number of aliphatic hydroxyl groups excluding tert-OH is 7. The molecule has 31 heavy (non-hydrogen) atoms. The normalized spacial score (nSPS) is 41.3. The van der Waals surface area contributed by atoms with Crippen molar-refractivity contribution in [3.05, 3.63) is 35.9 Å². The van der Waals surface area contributed by atoms with Gasteiger partial charge in [0.25, 0.3) is 0 Å². The summed E-state index contributed by atoms with van der Waals surface area (Å²) in [6.45, 7) is -1.07. The van der Waals surface area contributed by atoms with Crippen molar-refractivity contribution in [1.82, 2.24) is 0 Å². The van der Waals surface area contributed by atoms with E-state index in [1.807, 2.05) is 30.3 Å².